The standard InChI is InChI=1S/C13H21NO5S/c1-9(2)8-14-20(15,16)13-11(18-4)6-10(17-3)7-12(13)19-5/h6-7,9,14H,8H2,1-5H3. The van der Waals surface area contributed by atoms with Gasteiger partial charge >= 0.3 is 0 Å². The van der Waals surface area contributed by atoms with E-state index in [1.165, 1.54) is 33.5 Å². The highest BCUT2D eigenvalue weighted by molar-refractivity contribution is 7.89. The number of rotatable bonds is 7. The molecule has 0 aliphatic heterocycles. The van der Waals surface area contributed by atoms with Crippen molar-refractivity contribution in [3.63, 3.8) is 0 Å². The molecule has 1 N–H and O–H groups in total. The summed E-state index contributed by atoms with van der Waals surface area (Å²) in [6.45, 7) is 4.18. The van der Waals surface area contributed by atoms with Crippen molar-refractivity contribution in [2.75, 3.05) is 27.9 Å². The largest absolute Gasteiger partial charge is 0.496 e. The minimum Gasteiger partial charge on any atom is -0.496 e. The first-order valence-electron chi connectivity index (χ1n) is 6.15. The van der Waals surface area contributed by atoms with Crippen molar-refractivity contribution in [2.24, 2.45) is 5.92 Å². The zero-order valence-corrected chi connectivity index (χ0v) is 13.2. The summed E-state index contributed by atoms with van der Waals surface area (Å²) in [6.07, 6.45) is 0. The highest BCUT2D eigenvalue weighted by Gasteiger charge is 2.26. The second-order valence-corrected chi connectivity index (χ2v) is 6.31. The molecule has 7 heteroatoms. The Morgan fingerprint density at radius 2 is 1.55 bits per heavy atom. The van der Waals surface area contributed by atoms with Crippen molar-refractivity contribution in [1.82, 2.24) is 4.72 Å². The zero-order chi connectivity index (χ0) is 15.3. The van der Waals surface area contributed by atoms with Crippen LogP contribution in [-0.2, 0) is 10.0 Å². The van der Waals surface area contributed by atoms with Crippen molar-refractivity contribution in [2.45, 2.75) is 18.7 Å². The van der Waals surface area contributed by atoms with Crippen molar-refractivity contribution in [3.05, 3.63) is 12.1 Å². The lowest BCUT2D eigenvalue weighted by Gasteiger charge is -2.16. The summed E-state index contributed by atoms with van der Waals surface area (Å²) in [5, 5.41) is 0. The van der Waals surface area contributed by atoms with Crippen LogP contribution in [0.5, 0.6) is 17.2 Å². The minimum absolute atomic E-state index is 0.0241. The van der Waals surface area contributed by atoms with E-state index < -0.39 is 10.0 Å². The number of benzene rings is 1. The molecule has 0 aromatic heterocycles. The van der Waals surface area contributed by atoms with E-state index in [1.54, 1.807) is 0 Å². The second kappa shape index (κ2) is 6.81. The van der Waals surface area contributed by atoms with Crippen LogP contribution >= 0.6 is 0 Å². The molecule has 0 aliphatic rings. The van der Waals surface area contributed by atoms with Crippen LogP contribution < -0.4 is 18.9 Å². The average Bonchev–Trinajstić information content (AvgIpc) is 2.43. The normalized spacial score (nSPS) is 11.5. The Balaban J connectivity index is 3.34. The predicted molar refractivity (Wildman–Crippen MR) is 76.1 cm³/mol. The van der Waals surface area contributed by atoms with Crippen LogP contribution in [0, 0.1) is 5.92 Å². The van der Waals surface area contributed by atoms with Gasteiger partial charge in [0, 0.05) is 18.7 Å². The molecule has 6 nitrogen and oxygen atoms in total. The zero-order valence-electron chi connectivity index (χ0n) is 12.4. The molecule has 0 amide bonds. The molecule has 0 atom stereocenters. The van der Waals surface area contributed by atoms with Gasteiger partial charge in [0.1, 0.15) is 17.2 Å². The lowest BCUT2D eigenvalue weighted by Crippen LogP contribution is -2.28. The minimum atomic E-state index is -3.72. The molecule has 1 rings (SSSR count). The number of ether oxygens (including phenoxy) is 3. The van der Waals surface area contributed by atoms with Gasteiger partial charge in [-0.15, -0.1) is 0 Å². The molecule has 114 valence electrons. The first-order chi connectivity index (χ1) is 9.35. The Bertz CT molecular complexity index is 529. The Labute approximate surface area is 120 Å². The lowest BCUT2D eigenvalue weighted by atomic mass is 10.2. The fourth-order valence-corrected chi connectivity index (χ4v) is 3.10. The highest BCUT2D eigenvalue weighted by atomic mass is 32.2. The Morgan fingerprint density at radius 3 is 1.90 bits per heavy atom. The fourth-order valence-electron chi connectivity index (χ4n) is 1.59. The quantitative estimate of drug-likeness (QED) is 0.829. The van der Waals surface area contributed by atoms with Crippen LogP contribution in [0.3, 0.4) is 0 Å². The third-order valence-electron chi connectivity index (χ3n) is 2.62. The molecule has 0 bridgehead atoms. The lowest BCUT2D eigenvalue weighted by molar-refractivity contribution is 0.358. The first-order valence-corrected chi connectivity index (χ1v) is 7.63. The topological polar surface area (TPSA) is 73.9 Å². The van der Waals surface area contributed by atoms with Crippen molar-refractivity contribution >= 4 is 10.0 Å². The Hall–Kier alpha value is -1.47. The fraction of sp³-hybridized carbons (Fsp3) is 0.538. The van der Waals surface area contributed by atoms with Gasteiger partial charge < -0.3 is 14.2 Å². The molecule has 0 aliphatic carbocycles. The molecule has 0 fully saturated rings. The van der Waals surface area contributed by atoms with Gasteiger partial charge in [0.15, 0.2) is 4.90 Å². The number of hydrogen-bond acceptors (Lipinski definition) is 5. The van der Waals surface area contributed by atoms with Crippen LogP contribution in [-0.4, -0.2) is 36.3 Å². The van der Waals surface area contributed by atoms with Gasteiger partial charge in [0.05, 0.1) is 21.3 Å². The van der Waals surface area contributed by atoms with E-state index in [0.29, 0.717) is 12.3 Å². The van der Waals surface area contributed by atoms with Crippen molar-refractivity contribution < 1.29 is 22.6 Å². The Kier molecular flexibility index (Phi) is 5.64. The number of hydrogen-bond donors (Lipinski definition) is 1. The third-order valence-corrected chi connectivity index (χ3v) is 4.11. The van der Waals surface area contributed by atoms with E-state index in [1.807, 2.05) is 13.8 Å². The second-order valence-electron chi connectivity index (χ2n) is 4.61. The summed E-state index contributed by atoms with van der Waals surface area (Å²) in [6, 6.07) is 3.01. The van der Waals surface area contributed by atoms with Gasteiger partial charge in [0.25, 0.3) is 0 Å². The SMILES string of the molecule is COc1cc(OC)c(S(=O)(=O)NCC(C)C)c(OC)c1. The molecule has 0 radical (unpaired) electrons. The van der Waals surface area contributed by atoms with E-state index in [9.17, 15) is 8.42 Å². The monoisotopic (exact) mass is 303 g/mol. The van der Waals surface area contributed by atoms with Gasteiger partial charge in [-0.2, -0.15) is 0 Å². The summed E-state index contributed by atoms with van der Waals surface area (Å²) < 4.78 is 42.7. The molecule has 20 heavy (non-hydrogen) atoms. The van der Waals surface area contributed by atoms with Crippen LogP contribution in [0.25, 0.3) is 0 Å². The Morgan fingerprint density at radius 1 is 1.05 bits per heavy atom. The van der Waals surface area contributed by atoms with Crippen LogP contribution in [0.2, 0.25) is 0 Å². The molecule has 0 spiro atoms. The maximum Gasteiger partial charge on any atom is 0.247 e. The maximum atomic E-state index is 12.4. The molecule has 0 unspecified atom stereocenters. The van der Waals surface area contributed by atoms with E-state index in [0.717, 1.165) is 0 Å². The smallest absolute Gasteiger partial charge is 0.247 e. The number of methoxy groups -OCH3 is 3. The molecule has 0 saturated heterocycles. The van der Waals surface area contributed by atoms with Crippen molar-refractivity contribution in [1.29, 1.82) is 0 Å². The van der Waals surface area contributed by atoms with E-state index in [2.05, 4.69) is 4.72 Å². The van der Waals surface area contributed by atoms with E-state index in [4.69, 9.17) is 14.2 Å². The molecular formula is C13H21NO5S. The number of nitrogens with one attached hydrogen (secondary N) is 1. The summed E-state index contributed by atoms with van der Waals surface area (Å²) >= 11 is 0. The predicted octanol–water partition coefficient (Wildman–Crippen LogP) is 1.65. The maximum absolute atomic E-state index is 12.4. The van der Waals surface area contributed by atoms with E-state index >= 15 is 0 Å². The van der Waals surface area contributed by atoms with Crippen LogP contribution in [0.1, 0.15) is 13.8 Å². The summed E-state index contributed by atoms with van der Waals surface area (Å²) in [4.78, 5) is -0.0241. The number of sulfonamides is 1. The molecule has 0 heterocycles. The molecular weight excluding hydrogens is 282 g/mol. The van der Waals surface area contributed by atoms with Crippen LogP contribution in [0.15, 0.2) is 17.0 Å². The summed E-state index contributed by atoms with van der Waals surface area (Å²) in [5.41, 5.74) is 0. The average molecular weight is 303 g/mol. The van der Waals surface area contributed by atoms with Crippen molar-refractivity contribution in [3.8, 4) is 17.2 Å². The van der Waals surface area contributed by atoms with Gasteiger partial charge in [-0.05, 0) is 5.92 Å². The third kappa shape index (κ3) is 3.77. The van der Waals surface area contributed by atoms with Gasteiger partial charge in [-0.3, -0.25) is 0 Å². The van der Waals surface area contributed by atoms with E-state index in [-0.39, 0.29) is 22.3 Å². The van der Waals surface area contributed by atoms with Gasteiger partial charge in [-0.1, -0.05) is 13.8 Å². The van der Waals surface area contributed by atoms with Gasteiger partial charge in [-0.25, -0.2) is 13.1 Å². The first kappa shape index (κ1) is 16.6. The van der Waals surface area contributed by atoms with Gasteiger partial charge in [0.2, 0.25) is 10.0 Å². The molecule has 1 aromatic rings. The summed E-state index contributed by atoms with van der Waals surface area (Å²) in [7, 11) is 0.561. The van der Waals surface area contributed by atoms with Crippen LogP contribution in [0.4, 0.5) is 0 Å². The summed E-state index contributed by atoms with van der Waals surface area (Å²) in [5.74, 6) is 1.01. The molecule has 1 aromatic carbocycles. The molecule has 0 saturated carbocycles. The highest BCUT2D eigenvalue weighted by Crippen LogP contribution is 2.37.